The molecule has 0 fully saturated rings. The number of H-pyrrole nitrogens is 1. The fraction of sp³-hybridized carbons (Fsp3) is 0.125. The molecule has 15 heavy (non-hydrogen) atoms. The van der Waals surface area contributed by atoms with Crippen molar-refractivity contribution in [3.8, 4) is 6.07 Å². The Morgan fingerprint density at radius 2 is 2.20 bits per heavy atom. The predicted molar refractivity (Wildman–Crippen MR) is 46.9 cm³/mol. The number of carbonyl (C=O) groups excluding carboxylic acids is 1. The van der Waals surface area contributed by atoms with Gasteiger partial charge < -0.3 is 4.98 Å². The summed E-state index contributed by atoms with van der Waals surface area (Å²) in [7, 11) is 0. The van der Waals surface area contributed by atoms with Gasteiger partial charge in [-0.2, -0.15) is 5.26 Å². The highest BCUT2D eigenvalue weighted by atomic mass is 35.5. The SMILES string of the molecule is N#Cc1[nH]cc(C(F)F)c(=O)c1C(=O)Cl. The first-order valence-electron chi connectivity index (χ1n) is 3.62. The van der Waals surface area contributed by atoms with Gasteiger partial charge in [0.15, 0.2) is 0 Å². The van der Waals surface area contributed by atoms with Crippen LogP contribution in [0.5, 0.6) is 0 Å². The summed E-state index contributed by atoms with van der Waals surface area (Å²) in [6, 6.07) is 1.48. The number of aromatic amines is 1. The number of halogens is 3. The number of hydrogen-bond acceptors (Lipinski definition) is 3. The van der Waals surface area contributed by atoms with Crippen LogP contribution >= 0.6 is 11.6 Å². The average molecular weight is 233 g/mol. The largest absolute Gasteiger partial charge is 0.352 e. The molecule has 1 heterocycles. The van der Waals surface area contributed by atoms with Crippen LogP contribution in [-0.2, 0) is 0 Å². The zero-order valence-electron chi connectivity index (χ0n) is 7.05. The van der Waals surface area contributed by atoms with Gasteiger partial charge in [-0.15, -0.1) is 0 Å². The lowest BCUT2D eigenvalue weighted by molar-refractivity contribution is 0.107. The Morgan fingerprint density at radius 3 is 2.60 bits per heavy atom. The molecule has 1 aromatic rings. The van der Waals surface area contributed by atoms with Crippen LogP contribution < -0.4 is 5.43 Å². The summed E-state index contributed by atoms with van der Waals surface area (Å²) >= 11 is 5.01. The first kappa shape index (κ1) is 11.3. The van der Waals surface area contributed by atoms with Gasteiger partial charge in [-0.25, -0.2) is 8.78 Å². The summed E-state index contributed by atoms with van der Waals surface area (Å²) in [6.07, 6.45) is -2.34. The molecule has 1 rings (SSSR count). The number of rotatable bonds is 2. The average Bonchev–Trinajstić information content (AvgIpc) is 2.15. The second-order valence-corrected chi connectivity index (χ2v) is 2.85. The third-order valence-electron chi connectivity index (χ3n) is 1.65. The van der Waals surface area contributed by atoms with E-state index in [1.165, 1.54) is 6.07 Å². The third-order valence-corrected chi connectivity index (χ3v) is 1.84. The van der Waals surface area contributed by atoms with Crippen LogP contribution in [0.3, 0.4) is 0 Å². The van der Waals surface area contributed by atoms with Gasteiger partial charge in [0.1, 0.15) is 17.3 Å². The molecule has 0 unspecified atom stereocenters. The van der Waals surface area contributed by atoms with Crippen molar-refractivity contribution in [3.63, 3.8) is 0 Å². The summed E-state index contributed by atoms with van der Waals surface area (Å²) in [6.45, 7) is 0. The van der Waals surface area contributed by atoms with E-state index >= 15 is 0 Å². The van der Waals surface area contributed by atoms with E-state index < -0.39 is 33.9 Å². The van der Waals surface area contributed by atoms with Crippen LogP contribution in [0.15, 0.2) is 11.0 Å². The van der Waals surface area contributed by atoms with E-state index in [0.717, 1.165) is 0 Å². The first-order chi connectivity index (χ1) is 6.99. The minimum Gasteiger partial charge on any atom is -0.352 e. The summed E-state index contributed by atoms with van der Waals surface area (Å²) < 4.78 is 24.5. The lowest BCUT2D eigenvalue weighted by Crippen LogP contribution is -2.20. The third kappa shape index (κ3) is 2.02. The van der Waals surface area contributed by atoms with Crippen molar-refractivity contribution in [1.82, 2.24) is 4.98 Å². The van der Waals surface area contributed by atoms with E-state index in [-0.39, 0.29) is 0 Å². The van der Waals surface area contributed by atoms with E-state index in [0.29, 0.717) is 6.20 Å². The maximum absolute atomic E-state index is 12.2. The van der Waals surface area contributed by atoms with Crippen molar-refractivity contribution in [2.75, 3.05) is 0 Å². The Labute approximate surface area is 87.1 Å². The van der Waals surface area contributed by atoms with E-state index in [9.17, 15) is 18.4 Å². The number of pyridine rings is 1. The molecule has 0 saturated heterocycles. The van der Waals surface area contributed by atoms with Gasteiger partial charge in [-0.05, 0) is 11.6 Å². The molecule has 0 aliphatic rings. The molecular weight excluding hydrogens is 230 g/mol. The molecule has 0 spiro atoms. The molecular formula is C8H3ClF2N2O2. The maximum atomic E-state index is 12.2. The number of nitrogens with zero attached hydrogens (tertiary/aromatic N) is 1. The van der Waals surface area contributed by atoms with Gasteiger partial charge in [0.25, 0.3) is 11.7 Å². The molecule has 0 atom stereocenters. The minimum atomic E-state index is -3.03. The molecule has 4 nitrogen and oxygen atoms in total. The van der Waals surface area contributed by atoms with Crippen molar-refractivity contribution >= 4 is 16.8 Å². The van der Waals surface area contributed by atoms with E-state index in [1.807, 2.05) is 0 Å². The second-order valence-electron chi connectivity index (χ2n) is 2.51. The minimum absolute atomic E-state index is 0.426. The Balaban J connectivity index is 3.59. The van der Waals surface area contributed by atoms with Crippen molar-refractivity contribution in [2.24, 2.45) is 0 Å². The van der Waals surface area contributed by atoms with Crippen LogP contribution in [0.25, 0.3) is 0 Å². The highest BCUT2D eigenvalue weighted by molar-refractivity contribution is 6.67. The van der Waals surface area contributed by atoms with Crippen molar-refractivity contribution < 1.29 is 13.6 Å². The normalized spacial score (nSPS) is 10.1. The fourth-order valence-corrected chi connectivity index (χ4v) is 1.16. The molecule has 0 radical (unpaired) electrons. The number of alkyl halides is 2. The van der Waals surface area contributed by atoms with Gasteiger partial charge in [-0.1, -0.05) is 0 Å². The molecule has 0 amide bonds. The van der Waals surface area contributed by atoms with Crippen molar-refractivity contribution in [3.05, 3.63) is 33.2 Å². The second kappa shape index (κ2) is 4.19. The first-order valence-corrected chi connectivity index (χ1v) is 4.00. The summed E-state index contributed by atoms with van der Waals surface area (Å²) in [5.41, 5.74) is -3.29. The van der Waals surface area contributed by atoms with Crippen molar-refractivity contribution in [1.29, 1.82) is 5.26 Å². The Hall–Kier alpha value is -1.74. The Morgan fingerprint density at radius 1 is 1.60 bits per heavy atom. The summed E-state index contributed by atoms with van der Waals surface area (Å²) in [5.74, 6) is 0. The number of aromatic nitrogens is 1. The lowest BCUT2D eigenvalue weighted by Gasteiger charge is -2.01. The molecule has 0 aromatic carbocycles. The molecule has 78 valence electrons. The van der Waals surface area contributed by atoms with Gasteiger partial charge in [0.05, 0.1) is 5.56 Å². The molecule has 0 bridgehead atoms. The van der Waals surface area contributed by atoms with Crippen LogP contribution in [0.2, 0.25) is 0 Å². The predicted octanol–water partition coefficient (Wildman–Crippen LogP) is 1.56. The van der Waals surface area contributed by atoms with Gasteiger partial charge >= 0.3 is 0 Å². The molecule has 0 aliphatic heterocycles. The molecule has 1 N–H and O–H groups in total. The molecule has 0 aliphatic carbocycles. The fourth-order valence-electron chi connectivity index (χ4n) is 0.983. The highest BCUT2D eigenvalue weighted by Crippen LogP contribution is 2.15. The standard InChI is InChI=1S/C8H3ClF2N2O2/c9-7(15)5-4(1-12)13-2-3(6(5)14)8(10)11/h2,8H,(H,13,14). The van der Waals surface area contributed by atoms with E-state index in [1.54, 1.807) is 0 Å². The summed E-state index contributed by atoms with van der Waals surface area (Å²) in [4.78, 5) is 24.2. The number of carbonyl (C=O) groups is 1. The zero-order chi connectivity index (χ0) is 11.6. The molecule has 0 saturated carbocycles. The van der Waals surface area contributed by atoms with E-state index in [4.69, 9.17) is 16.9 Å². The van der Waals surface area contributed by atoms with Crippen molar-refractivity contribution in [2.45, 2.75) is 6.43 Å². The van der Waals surface area contributed by atoms with Gasteiger partial charge in [0, 0.05) is 6.20 Å². The monoisotopic (exact) mass is 232 g/mol. The quantitative estimate of drug-likeness (QED) is 0.787. The van der Waals surface area contributed by atoms with Crippen LogP contribution in [-0.4, -0.2) is 10.2 Å². The zero-order valence-corrected chi connectivity index (χ0v) is 7.81. The van der Waals surface area contributed by atoms with Gasteiger partial charge in [-0.3, -0.25) is 9.59 Å². The van der Waals surface area contributed by atoms with E-state index in [2.05, 4.69) is 4.98 Å². The number of nitrogens with one attached hydrogen (secondary N) is 1. The number of hydrogen-bond donors (Lipinski definition) is 1. The highest BCUT2D eigenvalue weighted by Gasteiger charge is 2.21. The smallest absolute Gasteiger partial charge is 0.269 e. The van der Waals surface area contributed by atoms with Crippen LogP contribution in [0.4, 0.5) is 8.78 Å². The topological polar surface area (TPSA) is 73.7 Å². The Bertz CT molecular complexity index is 504. The maximum Gasteiger partial charge on any atom is 0.269 e. The van der Waals surface area contributed by atoms with Crippen LogP contribution in [0, 0.1) is 11.3 Å². The molecule has 7 heteroatoms. The lowest BCUT2D eigenvalue weighted by atomic mass is 10.1. The Kier molecular flexibility index (Phi) is 3.17. The van der Waals surface area contributed by atoms with Gasteiger partial charge in [0.2, 0.25) is 5.43 Å². The summed E-state index contributed by atoms with van der Waals surface area (Å²) in [5, 5.41) is 7.26. The molecule has 1 aromatic heterocycles. The van der Waals surface area contributed by atoms with Crippen LogP contribution in [0.1, 0.15) is 28.0 Å². The number of nitriles is 1.